The molecule has 1 heterocycles. The Balaban J connectivity index is 2.56. The molecule has 1 aliphatic rings. The lowest BCUT2D eigenvalue weighted by Crippen LogP contribution is -2.34. The molecule has 0 amide bonds. The number of nitrogens with zero attached hydrogens (tertiary/aromatic N) is 2. The largest absolute Gasteiger partial charge is 0.370 e. The summed E-state index contributed by atoms with van der Waals surface area (Å²) in [5.41, 5.74) is 1.28. The molecule has 0 aromatic rings. The van der Waals surface area contributed by atoms with E-state index in [1.807, 2.05) is 6.08 Å². The molecule has 0 N–H and O–H groups in total. The zero-order chi connectivity index (χ0) is 11.3. The quantitative estimate of drug-likeness (QED) is 0.658. The number of allylic oxidation sites excluding steroid dienone is 2. The highest BCUT2D eigenvalue weighted by molar-refractivity contribution is 5.14. The van der Waals surface area contributed by atoms with Crippen molar-refractivity contribution in [3.8, 4) is 0 Å². The van der Waals surface area contributed by atoms with Crippen molar-refractivity contribution in [1.29, 1.82) is 0 Å². The summed E-state index contributed by atoms with van der Waals surface area (Å²) >= 11 is 0. The maximum atomic E-state index is 3.87. The molecule has 1 fully saturated rings. The Morgan fingerprint density at radius 2 is 1.93 bits per heavy atom. The van der Waals surface area contributed by atoms with Crippen molar-refractivity contribution in [1.82, 2.24) is 9.80 Å². The third kappa shape index (κ3) is 3.38. The van der Waals surface area contributed by atoms with Crippen molar-refractivity contribution in [2.45, 2.75) is 33.2 Å². The van der Waals surface area contributed by atoms with Crippen LogP contribution in [0.2, 0.25) is 0 Å². The fourth-order valence-electron chi connectivity index (χ4n) is 2.14. The summed E-state index contributed by atoms with van der Waals surface area (Å²) in [6.07, 6.45) is 5.37. The molecule has 0 aromatic carbocycles. The first kappa shape index (κ1) is 12.3. The van der Waals surface area contributed by atoms with Crippen LogP contribution in [-0.2, 0) is 0 Å². The van der Waals surface area contributed by atoms with E-state index < -0.39 is 0 Å². The van der Waals surface area contributed by atoms with Gasteiger partial charge in [0.05, 0.1) is 0 Å². The molecule has 1 saturated heterocycles. The molecule has 2 nitrogen and oxygen atoms in total. The van der Waals surface area contributed by atoms with Crippen LogP contribution < -0.4 is 0 Å². The molecule has 0 bridgehead atoms. The summed E-state index contributed by atoms with van der Waals surface area (Å²) in [6.45, 7) is 15.2. The topological polar surface area (TPSA) is 6.48 Å². The van der Waals surface area contributed by atoms with E-state index in [1.165, 1.54) is 25.2 Å². The summed E-state index contributed by atoms with van der Waals surface area (Å²) in [5, 5.41) is 0. The molecule has 0 atom stereocenters. The summed E-state index contributed by atoms with van der Waals surface area (Å²) in [4.78, 5) is 4.99. The number of hydrogen-bond acceptors (Lipinski definition) is 2. The maximum absolute atomic E-state index is 3.87. The van der Waals surface area contributed by atoms with Crippen LogP contribution in [0.25, 0.3) is 0 Å². The Morgan fingerprint density at radius 1 is 1.20 bits per heavy atom. The molecule has 15 heavy (non-hydrogen) atoms. The van der Waals surface area contributed by atoms with Crippen LogP contribution in [0.3, 0.4) is 0 Å². The highest BCUT2D eigenvalue weighted by atomic mass is 15.2. The lowest BCUT2D eigenvalue weighted by Gasteiger charge is -2.26. The average Bonchev–Trinajstić information content (AvgIpc) is 2.45. The molecule has 0 aliphatic carbocycles. The third-order valence-electron chi connectivity index (χ3n) is 3.13. The normalized spacial score (nSPS) is 20.5. The fraction of sp³-hybridized carbons (Fsp3) is 0.692. The molecule has 1 rings (SSSR count). The summed E-state index contributed by atoms with van der Waals surface area (Å²) in [5.74, 6) is 0. The predicted molar refractivity (Wildman–Crippen MR) is 66.9 cm³/mol. The molecule has 0 aromatic heterocycles. The molecule has 2 heteroatoms. The SMILES string of the molecule is C=C/C(=C\C)N1CCCN(C(C)C)CC1. The van der Waals surface area contributed by atoms with Gasteiger partial charge in [-0.15, -0.1) is 0 Å². The highest BCUT2D eigenvalue weighted by Gasteiger charge is 2.16. The van der Waals surface area contributed by atoms with E-state index >= 15 is 0 Å². The second-order valence-corrected chi connectivity index (χ2v) is 4.39. The molecular formula is C13H24N2. The van der Waals surface area contributed by atoms with Crippen LogP contribution in [0.4, 0.5) is 0 Å². The van der Waals surface area contributed by atoms with Crippen molar-refractivity contribution in [2.24, 2.45) is 0 Å². The molecule has 0 spiro atoms. The second kappa shape index (κ2) is 5.96. The van der Waals surface area contributed by atoms with Gasteiger partial charge in [0.1, 0.15) is 0 Å². The van der Waals surface area contributed by atoms with Gasteiger partial charge in [-0.05, 0) is 33.3 Å². The number of hydrogen-bond donors (Lipinski definition) is 0. The highest BCUT2D eigenvalue weighted by Crippen LogP contribution is 2.12. The van der Waals surface area contributed by atoms with Gasteiger partial charge >= 0.3 is 0 Å². The van der Waals surface area contributed by atoms with Gasteiger partial charge in [-0.3, -0.25) is 4.90 Å². The first-order valence-electron chi connectivity index (χ1n) is 5.96. The standard InChI is InChI=1S/C13H24N2/c1-5-13(6-2)15-9-7-8-14(10-11-15)12(3)4/h5-6,12H,1,7-11H2,2-4H3/b13-6+. The van der Waals surface area contributed by atoms with Crippen LogP contribution in [-0.4, -0.2) is 42.0 Å². The van der Waals surface area contributed by atoms with Crippen molar-refractivity contribution in [3.05, 3.63) is 24.4 Å². The van der Waals surface area contributed by atoms with E-state index in [0.29, 0.717) is 6.04 Å². The minimum absolute atomic E-state index is 0.669. The molecule has 1 aliphatic heterocycles. The Labute approximate surface area is 94.3 Å². The van der Waals surface area contributed by atoms with E-state index in [-0.39, 0.29) is 0 Å². The van der Waals surface area contributed by atoms with E-state index in [2.05, 4.69) is 43.2 Å². The molecule has 86 valence electrons. The molecule has 0 saturated carbocycles. The van der Waals surface area contributed by atoms with Crippen molar-refractivity contribution in [3.63, 3.8) is 0 Å². The lowest BCUT2D eigenvalue weighted by atomic mass is 10.3. The minimum atomic E-state index is 0.669. The van der Waals surface area contributed by atoms with Gasteiger partial charge < -0.3 is 4.90 Å². The van der Waals surface area contributed by atoms with Gasteiger partial charge in [0.15, 0.2) is 0 Å². The van der Waals surface area contributed by atoms with E-state index in [9.17, 15) is 0 Å². The summed E-state index contributed by atoms with van der Waals surface area (Å²) in [7, 11) is 0. The Kier molecular flexibility index (Phi) is 4.89. The van der Waals surface area contributed by atoms with Gasteiger partial charge in [-0.25, -0.2) is 0 Å². The smallest absolute Gasteiger partial charge is 0.0317 e. The van der Waals surface area contributed by atoms with Gasteiger partial charge in [-0.2, -0.15) is 0 Å². The molecular weight excluding hydrogens is 184 g/mol. The van der Waals surface area contributed by atoms with Crippen LogP contribution >= 0.6 is 0 Å². The second-order valence-electron chi connectivity index (χ2n) is 4.39. The predicted octanol–water partition coefficient (Wildman–Crippen LogP) is 2.49. The summed E-state index contributed by atoms with van der Waals surface area (Å²) in [6, 6.07) is 0.669. The fourth-order valence-corrected chi connectivity index (χ4v) is 2.14. The monoisotopic (exact) mass is 208 g/mol. The van der Waals surface area contributed by atoms with E-state index in [1.54, 1.807) is 0 Å². The van der Waals surface area contributed by atoms with Gasteiger partial charge in [0, 0.05) is 37.9 Å². The Morgan fingerprint density at radius 3 is 2.47 bits per heavy atom. The van der Waals surface area contributed by atoms with Crippen LogP contribution in [0.5, 0.6) is 0 Å². The van der Waals surface area contributed by atoms with E-state index in [0.717, 1.165) is 13.1 Å². The Hall–Kier alpha value is -0.760. The lowest BCUT2D eigenvalue weighted by molar-refractivity contribution is 0.229. The van der Waals surface area contributed by atoms with Gasteiger partial charge in [0.25, 0.3) is 0 Å². The maximum Gasteiger partial charge on any atom is 0.0317 e. The van der Waals surface area contributed by atoms with Gasteiger partial charge in [-0.1, -0.05) is 12.7 Å². The minimum Gasteiger partial charge on any atom is -0.370 e. The van der Waals surface area contributed by atoms with Crippen LogP contribution in [0.1, 0.15) is 27.2 Å². The third-order valence-corrected chi connectivity index (χ3v) is 3.13. The molecule has 0 unspecified atom stereocenters. The first-order chi connectivity index (χ1) is 7.19. The Bertz CT molecular complexity index is 231. The zero-order valence-electron chi connectivity index (χ0n) is 10.4. The van der Waals surface area contributed by atoms with Crippen LogP contribution in [0, 0.1) is 0 Å². The van der Waals surface area contributed by atoms with Gasteiger partial charge in [0.2, 0.25) is 0 Å². The van der Waals surface area contributed by atoms with Crippen molar-refractivity contribution < 1.29 is 0 Å². The zero-order valence-corrected chi connectivity index (χ0v) is 10.4. The summed E-state index contributed by atoms with van der Waals surface area (Å²) < 4.78 is 0. The van der Waals surface area contributed by atoms with Crippen molar-refractivity contribution >= 4 is 0 Å². The van der Waals surface area contributed by atoms with E-state index in [4.69, 9.17) is 0 Å². The average molecular weight is 208 g/mol. The molecule has 0 radical (unpaired) electrons. The van der Waals surface area contributed by atoms with Crippen LogP contribution in [0.15, 0.2) is 24.4 Å². The number of rotatable bonds is 3. The van der Waals surface area contributed by atoms with Crippen molar-refractivity contribution in [2.75, 3.05) is 26.2 Å². The first-order valence-corrected chi connectivity index (χ1v) is 5.96.